The van der Waals surface area contributed by atoms with Crippen molar-refractivity contribution < 1.29 is 4.79 Å². The van der Waals surface area contributed by atoms with Gasteiger partial charge in [0.15, 0.2) is 0 Å². The van der Waals surface area contributed by atoms with Gasteiger partial charge in [-0.1, -0.05) is 13.8 Å². The van der Waals surface area contributed by atoms with Crippen LogP contribution in [-0.2, 0) is 4.79 Å². The summed E-state index contributed by atoms with van der Waals surface area (Å²) >= 11 is 0. The quantitative estimate of drug-likeness (QED) is 0.571. The van der Waals surface area contributed by atoms with E-state index in [1.807, 2.05) is 6.92 Å². The molecular weight excluding hydrogens is 138 g/mol. The minimum atomic E-state index is 0.190. The van der Waals surface area contributed by atoms with Crippen molar-refractivity contribution in [1.29, 1.82) is 0 Å². The van der Waals surface area contributed by atoms with Crippen molar-refractivity contribution in [1.82, 2.24) is 0 Å². The van der Waals surface area contributed by atoms with Gasteiger partial charge in [-0.25, -0.2) is 0 Å². The Morgan fingerprint density at radius 3 is 2.27 bits per heavy atom. The fourth-order valence-electron chi connectivity index (χ4n) is 0.755. The molecule has 0 unspecified atom stereocenters. The lowest BCUT2D eigenvalue weighted by Gasteiger charge is -2.00. The van der Waals surface area contributed by atoms with Crippen molar-refractivity contribution >= 4 is 11.5 Å². The Kier molecular flexibility index (Phi) is 4.75. The Morgan fingerprint density at radius 2 is 1.91 bits per heavy atom. The summed E-state index contributed by atoms with van der Waals surface area (Å²) in [6.45, 7) is 8.56. The van der Waals surface area contributed by atoms with E-state index in [1.165, 1.54) is 0 Å². The van der Waals surface area contributed by atoms with Crippen LogP contribution in [-0.4, -0.2) is 18.0 Å². The molecule has 0 N–H and O–H groups in total. The predicted molar refractivity (Wildman–Crippen MR) is 48.1 cm³/mol. The largest absolute Gasteiger partial charge is 0.300 e. The van der Waals surface area contributed by atoms with E-state index in [0.29, 0.717) is 12.3 Å². The van der Waals surface area contributed by atoms with Crippen LogP contribution in [0.3, 0.4) is 0 Å². The van der Waals surface area contributed by atoms with Crippen LogP contribution >= 0.6 is 0 Å². The first-order valence-electron chi connectivity index (χ1n) is 4.01. The molecule has 0 fully saturated rings. The Labute approximate surface area is 68.7 Å². The number of Topliss-reactive ketones (excluding diaryl/α,β-unsaturated/α-hetero) is 1. The lowest BCUT2D eigenvalue weighted by Crippen LogP contribution is -2.03. The summed E-state index contributed by atoms with van der Waals surface area (Å²) in [6.07, 6.45) is 0.507. The van der Waals surface area contributed by atoms with Gasteiger partial charge < -0.3 is 0 Å². The third-order valence-electron chi connectivity index (χ3n) is 1.23. The maximum absolute atomic E-state index is 10.6. The molecule has 0 radical (unpaired) electrons. The molecule has 11 heavy (non-hydrogen) atoms. The molecule has 0 aliphatic heterocycles. The highest BCUT2D eigenvalue weighted by molar-refractivity contribution is 5.99. The minimum absolute atomic E-state index is 0.190. The van der Waals surface area contributed by atoms with Crippen LogP contribution in [0.1, 0.15) is 34.1 Å². The monoisotopic (exact) mass is 155 g/mol. The predicted octanol–water partition coefficient (Wildman–Crippen LogP) is 2.08. The molecule has 64 valence electrons. The molecule has 0 aliphatic rings. The van der Waals surface area contributed by atoms with Crippen molar-refractivity contribution in [2.45, 2.75) is 34.1 Å². The second-order valence-corrected chi connectivity index (χ2v) is 3.35. The van der Waals surface area contributed by atoms with Gasteiger partial charge in [-0.3, -0.25) is 9.79 Å². The average Bonchev–Trinajstić information content (AvgIpc) is 1.82. The second kappa shape index (κ2) is 5.05. The molecule has 2 heteroatoms. The van der Waals surface area contributed by atoms with Crippen LogP contribution in [0.15, 0.2) is 4.99 Å². The molecular formula is C9H17NO. The highest BCUT2D eigenvalue weighted by atomic mass is 16.1. The molecule has 0 saturated carbocycles. The number of ketones is 1. The fourth-order valence-corrected chi connectivity index (χ4v) is 0.755. The highest BCUT2D eigenvalue weighted by Crippen LogP contribution is 1.94. The van der Waals surface area contributed by atoms with Gasteiger partial charge in [0.05, 0.1) is 0 Å². The molecule has 0 amide bonds. The summed E-state index contributed by atoms with van der Waals surface area (Å²) < 4.78 is 0. The summed E-state index contributed by atoms with van der Waals surface area (Å²) in [7, 11) is 0. The number of rotatable bonds is 4. The van der Waals surface area contributed by atoms with Crippen molar-refractivity contribution in [2.75, 3.05) is 6.54 Å². The average molecular weight is 155 g/mol. The van der Waals surface area contributed by atoms with Gasteiger partial charge in [-0.05, 0) is 19.8 Å². The summed E-state index contributed by atoms with van der Waals surface area (Å²) in [5.74, 6) is 0.770. The zero-order valence-corrected chi connectivity index (χ0v) is 7.85. The Hall–Kier alpha value is -0.660. The number of hydrogen-bond donors (Lipinski definition) is 0. The van der Waals surface area contributed by atoms with Gasteiger partial charge in [0.2, 0.25) is 0 Å². The molecule has 0 aliphatic carbocycles. The maximum atomic E-state index is 10.6. The van der Waals surface area contributed by atoms with Crippen LogP contribution in [0.4, 0.5) is 0 Å². The first kappa shape index (κ1) is 10.3. The van der Waals surface area contributed by atoms with E-state index in [2.05, 4.69) is 18.8 Å². The first-order valence-corrected chi connectivity index (χ1v) is 4.01. The van der Waals surface area contributed by atoms with E-state index in [0.717, 1.165) is 12.3 Å². The van der Waals surface area contributed by atoms with E-state index in [9.17, 15) is 4.79 Å². The smallest absolute Gasteiger partial charge is 0.135 e. The summed E-state index contributed by atoms with van der Waals surface area (Å²) in [5.41, 5.74) is 0.950. The van der Waals surface area contributed by atoms with E-state index in [1.54, 1.807) is 6.92 Å². The van der Waals surface area contributed by atoms with Gasteiger partial charge in [-0.15, -0.1) is 0 Å². The number of nitrogens with zero attached hydrogens (tertiary/aromatic N) is 1. The molecule has 0 aromatic carbocycles. The molecule has 0 rings (SSSR count). The normalized spacial score (nSPS) is 12.3. The molecule has 0 spiro atoms. The number of carbonyl (C=O) groups excluding carboxylic acids is 1. The van der Waals surface area contributed by atoms with Crippen LogP contribution in [0.25, 0.3) is 0 Å². The van der Waals surface area contributed by atoms with Gasteiger partial charge in [0, 0.05) is 18.7 Å². The van der Waals surface area contributed by atoms with E-state index in [4.69, 9.17) is 0 Å². The third-order valence-corrected chi connectivity index (χ3v) is 1.23. The Bertz CT molecular complexity index is 159. The molecule has 0 saturated heterocycles. The Morgan fingerprint density at radius 1 is 1.36 bits per heavy atom. The van der Waals surface area contributed by atoms with Crippen molar-refractivity contribution in [3.8, 4) is 0 Å². The molecule has 0 heterocycles. The van der Waals surface area contributed by atoms with Crippen LogP contribution in [0, 0.1) is 5.92 Å². The number of aliphatic imine (C=N–C) groups is 1. The molecule has 0 aromatic rings. The van der Waals surface area contributed by atoms with E-state index >= 15 is 0 Å². The SMILES string of the molecule is CC(=O)CC(C)=NCC(C)C. The highest BCUT2D eigenvalue weighted by Gasteiger charge is 1.96. The standard InChI is InChI=1S/C9H17NO/c1-7(2)6-10-8(3)5-9(4)11/h7H,5-6H2,1-4H3. The number of carbonyl (C=O) groups is 1. The van der Waals surface area contributed by atoms with Crippen molar-refractivity contribution in [3.63, 3.8) is 0 Å². The topological polar surface area (TPSA) is 29.4 Å². The van der Waals surface area contributed by atoms with Crippen molar-refractivity contribution in [2.24, 2.45) is 10.9 Å². The van der Waals surface area contributed by atoms with Crippen LogP contribution in [0.2, 0.25) is 0 Å². The van der Waals surface area contributed by atoms with Gasteiger partial charge in [0.25, 0.3) is 0 Å². The first-order chi connectivity index (χ1) is 5.02. The summed E-state index contributed by atoms with van der Waals surface area (Å²) in [6, 6.07) is 0. The Balaban J connectivity index is 3.72. The zero-order valence-electron chi connectivity index (χ0n) is 7.85. The molecule has 0 atom stereocenters. The summed E-state index contributed by atoms with van der Waals surface area (Å²) in [4.78, 5) is 14.9. The lowest BCUT2D eigenvalue weighted by molar-refractivity contribution is -0.115. The second-order valence-electron chi connectivity index (χ2n) is 3.35. The molecule has 0 bridgehead atoms. The minimum Gasteiger partial charge on any atom is -0.300 e. The zero-order chi connectivity index (χ0) is 8.85. The summed E-state index contributed by atoms with van der Waals surface area (Å²) in [5, 5.41) is 0. The van der Waals surface area contributed by atoms with Gasteiger partial charge >= 0.3 is 0 Å². The number of hydrogen-bond acceptors (Lipinski definition) is 2. The van der Waals surface area contributed by atoms with Crippen LogP contribution < -0.4 is 0 Å². The molecule has 0 aromatic heterocycles. The van der Waals surface area contributed by atoms with E-state index in [-0.39, 0.29) is 5.78 Å². The van der Waals surface area contributed by atoms with Crippen LogP contribution in [0.5, 0.6) is 0 Å². The van der Waals surface area contributed by atoms with Gasteiger partial charge in [-0.2, -0.15) is 0 Å². The third kappa shape index (κ3) is 7.23. The van der Waals surface area contributed by atoms with Gasteiger partial charge in [0.1, 0.15) is 5.78 Å². The molecule has 2 nitrogen and oxygen atoms in total. The lowest BCUT2D eigenvalue weighted by atomic mass is 10.2. The maximum Gasteiger partial charge on any atom is 0.135 e. The van der Waals surface area contributed by atoms with Crippen molar-refractivity contribution in [3.05, 3.63) is 0 Å². The fraction of sp³-hybridized carbons (Fsp3) is 0.778. The van der Waals surface area contributed by atoms with E-state index < -0.39 is 0 Å².